The summed E-state index contributed by atoms with van der Waals surface area (Å²) in [6.45, 7) is 5.95. The first-order chi connectivity index (χ1) is 6.34. The summed E-state index contributed by atoms with van der Waals surface area (Å²) in [7, 11) is 2.02. The third-order valence-corrected chi connectivity index (χ3v) is 2.92. The lowest BCUT2D eigenvalue weighted by atomic mass is 10.1. The van der Waals surface area contributed by atoms with Gasteiger partial charge in [0.1, 0.15) is 0 Å². The van der Waals surface area contributed by atoms with Crippen molar-refractivity contribution in [2.24, 2.45) is 11.8 Å². The zero-order valence-electron chi connectivity index (χ0n) is 9.10. The zero-order valence-corrected chi connectivity index (χ0v) is 9.10. The number of hydrogen-bond donors (Lipinski definition) is 2. The molecule has 1 fully saturated rings. The Kier molecular flexibility index (Phi) is 5.40. The molecule has 13 heavy (non-hydrogen) atoms. The topological polar surface area (TPSA) is 24.1 Å². The Hall–Kier alpha value is -0.0800. The highest BCUT2D eigenvalue weighted by atomic mass is 14.9. The second-order valence-electron chi connectivity index (χ2n) is 4.33. The van der Waals surface area contributed by atoms with Crippen molar-refractivity contribution in [3.05, 3.63) is 0 Å². The fraction of sp³-hybridized carbons (Fsp3) is 1.00. The fourth-order valence-electron chi connectivity index (χ4n) is 1.71. The van der Waals surface area contributed by atoms with Crippen LogP contribution in [0.5, 0.6) is 0 Å². The number of unbranched alkanes of at least 4 members (excludes halogenated alkanes) is 1. The van der Waals surface area contributed by atoms with Gasteiger partial charge in [0.25, 0.3) is 0 Å². The van der Waals surface area contributed by atoms with Gasteiger partial charge in [-0.05, 0) is 64.2 Å². The van der Waals surface area contributed by atoms with Crippen LogP contribution in [0, 0.1) is 11.8 Å². The standard InChI is InChI=1S/C11H24N2/c1-10(11-5-6-11)9-13-8-4-3-7-12-2/h10-13H,3-9H2,1-2H3. The van der Waals surface area contributed by atoms with Gasteiger partial charge in [0.15, 0.2) is 0 Å². The molecule has 0 amide bonds. The van der Waals surface area contributed by atoms with E-state index in [4.69, 9.17) is 0 Å². The van der Waals surface area contributed by atoms with E-state index in [1.54, 1.807) is 0 Å². The summed E-state index contributed by atoms with van der Waals surface area (Å²) in [5.74, 6) is 1.95. The monoisotopic (exact) mass is 184 g/mol. The average Bonchev–Trinajstić information content (AvgIpc) is 2.93. The van der Waals surface area contributed by atoms with E-state index in [1.165, 1.54) is 38.8 Å². The van der Waals surface area contributed by atoms with Gasteiger partial charge < -0.3 is 10.6 Å². The van der Waals surface area contributed by atoms with Crippen LogP contribution in [-0.2, 0) is 0 Å². The normalized spacial score (nSPS) is 18.9. The molecule has 0 saturated heterocycles. The first-order valence-electron chi connectivity index (χ1n) is 5.70. The van der Waals surface area contributed by atoms with Crippen molar-refractivity contribution in [1.82, 2.24) is 10.6 Å². The van der Waals surface area contributed by atoms with Crippen molar-refractivity contribution in [2.45, 2.75) is 32.6 Å². The van der Waals surface area contributed by atoms with Crippen LogP contribution in [0.1, 0.15) is 32.6 Å². The Morgan fingerprint density at radius 2 is 1.92 bits per heavy atom. The van der Waals surface area contributed by atoms with Crippen LogP contribution in [0.25, 0.3) is 0 Å². The molecule has 1 aliphatic rings. The first-order valence-corrected chi connectivity index (χ1v) is 5.70. The highest BCUT2D eigenvalue weighted by Crippen LogP contribution is 2.35. The van der Waals surface area contributed by atoms with Crippen molar-refractivity contribution < 1.29 is 0 Å². The van der Waals surface area contributed by atoms with Gasteiger partial charge in [-0.25, -0.2) is 0 Å². The highest BCUT2D eigenvalue weighted by molar-refractivity contribution is 4.79. The molecule has 1 aliphatic carbocycles. The van der Waals surface area contributed by atoms with Crippen LogP contribution >= 0.6 is 0 Å². The van der Waals surface area contributed by atoms with Gasteiger partial charge in [0.05, 0.1) is 0 Å². The predicted molar refractivity (Wildman–Crippen MR) is 57.9 cm³/mol. The lowest BCUT2D eigenvalue weighted by molar-refractivity contribution is 0.456. The quantitative estimate of drug-likeness (QED) is 0.560. The van der Waals surface area contributed by atoms with Gasteiger partial charge in [0, 0.05) is 0 Å². The second-order valence-corrected chi connectivity index (χ2v) is 4.33. The van der Waals surface area contributed by atoms with E-state index < -0.39 is 0 Å². The van der Waals surface area contributed by atoms with E-state index >= 15 is 0 Å². The van der Waals surface area contributed by atoms with Gasteiger partial charge >= 0.3 is 0 Å². The van der Waals surface area contributed by atoms with Gasteiger partial charge in [-0.3, -0.25) is 0 Å². The number of hydrogen-bond acceptors (Lipinski definition) is 2. The van der Waals surface area contributed by atoms with Crippen molar-refractivity contribution in [3.63, 3.8) is 0 Å². The van der Waals surface area contributed by atoms with Crippen molar-refractivity contribution in [1.29, 1.82) is 0 Å². The second kappa shape index (κ2) is 6.39. The highest BCUT2D eigenvalue weighted by Gasteiger charge is 2.27. The Morgan fingerprint density at radius 3 is 2.54 bits per heavy atom. The summed E-state index contributed by atoms with van der Waals surface area (Å²) in [5.41, 5.74) is 0. The summed E-state index contributed by atoms with van der Waals surface area (Å²) in [6, 6.07) is 0. The Morgan fingerprint density at radius 1 is 1.23 bits per heavy atom. The van der Waals surface area contributed by atoms with E-state index in [2.05, 4.69) is 17.6 Å². The molecule has 1 rings (SSSR count). The Labute approximate surface area is 82.5 Å². The Balaban J connectivity index is 1.77. The minimum Gasteiger partial charge on any atom is -0.320 e. The maximum absolute atomic E-state index is 3.54. The maximum atomic E-state index is 3.54. The molecular formula is C11H24N2. The van der Waals surface area contributed by atoms with Crippen LogP contribution in [0.3, 0.4) is 0 Å². The molecule has 0 bridgehead atoms. The van der Waals surface area contributed by atoms with Crippen molar-refractivity contribution in [2.75, 3.05) is 26.7 Å². The lowest BCUT2D eigenvalue weighted by Gasteiger charge is -2.10. The molecule has 0 radical (unpaired) electrons. The molecular weight excluding hydrogens is 160 g/mol. The molecule has 0 aromatic carbocycles. The fourth-order valence-corrected chi connectivity index (χ4v) is 1.71. The predicted octanol–water partition coefficient (Wildman–Crippen LogP) is 1.62. The summed E-state index contributed by atoms with van der Waals surface area (Å²) < 4.78 is 0. The van der Waals surface area contributed by atoms with Crippen LogP contribution in [0.15, 0.2) is 0 Å². The van der Waals surface area contributed by atoms with Gasteiger partial charge in [-0.1, -0.05) is 6.92 Å². The van der Waals surface area contributed by atoms with Crippen molar-refractivity contribution in [3.8, 4) is 0 Å². The van der Waals surface area contributed by atoms with Crippen LogP contribution < -0.4 is 10.6 Å². The molecule has 1 atom stereocenters. The van der Waals surface area contributed by atoms with E-state index in [0.717, 1.165) is 18.4 Å². The molecule has 78 valence electrons. The summed E-state index contributed by atoms with van der Waals surface area (Å²) in [5, 5.41) is 6.71. The smallest absolute Gasteiger partial charge is 0.00205 e. The molecule has 2 N–H and O–H groups in total. The molecule has 1 unspecified atom stereocenters. The van der Waals surface area contributed by atoms with Crippen LogP contribution in [0.4, 0.5) is 0 Å². The largest absolute Gasteiger partial charge is 0.320 e. The van der Waals surface area contributed by atoms with Crippen LogP contribution in [-0.4, -0.2) is 26.7 Å². The summed E-state index contributed by atoms with van der Waals surface area (Å²) in [4.78, 5) is 0. The Bertz CT molecular complexity index is 121. The molecule has 0 aliphatic heterocycles. The molecule has 2 nitrogen and oxygen atoms in total. The third-order valence-electron chi connectivity index (χ3n) is 2.92. The maximum Gasteiger partial charge on any atom is -0.00205 e. The van der Waals surface area contributed by atoms with Crippen molar-refractivity contribution >= 4 is 0 Å². The molecule has 0 spiro atoms. The number of nitrogens with one attached hydrogen (secondary N) is 2. The SMILES string of the molecule is CNCCCCNCC(C)C1CC1. The lowest BCUT2D eigenvalue weighted by Crippen LogP contribution is -2.23. The van der Waals surface area contributed by atoms with Crippen LogP contribution in [0.2, 0.25) is 0 Å². The van der Waals surface area contributed by atoms with Gasteiger partial charge in [-0.15, -0.1) is 0 Å². The average molecular weight is 184 g/mol. The third kappa shape index (κ3) is 5.27. The first kappa shape index (κ1) is 11.0. The van der Waals surface area contributed by atoms with Gasteiger partial charge in [0.2, 0.25) is 0 Å². The van der Waals surface area contributed by atoms with E-state index in [9.17, 15) is 0 Å². The molecule has 1 saturated carbocycles. The number of rotatable bonds is 8. The minimum atomic E-state index is 0.907. The van der Waals surface area contributed by atoms with E-state index in [1.807, 2.05) is 7.05 Å². The molecule has 0 heterocycles. The zero-order chi connectivity index (χ0) is 9.52. The molecule has 2 heteroatoms. The van der Waals surface area contributed by atoms with Gasteiger partial charge in [-0.2, -0.15) is 0 Å². The summed E-state index contributed by atoms with van der Waals surface area (Å²) in [6.07, 6.45) is 5.55. The molecule has 0 aromatic rings. The van der Waals surface area contributed by atoms with E-state index in [0.29, 0.717) is 0 Å². The molecule has 0 aromatic heterocycles. The summed E-state index contributed by atoms with van der Waals surface area (Å²) >= 11 is 0. The van der Waals surface area contributed by atoms with E-state index in [-0.39, 0.29) is 0 Å². The minimum absolute atomic E-state index is 0.907.